The fraction of sp³-hybridized carbons (Fsp3) is 0.385. The normalized spacial score (nSPS) is 13.8. The predicted molar refractivity (Wildman–Crippen MR) is 76.1 cm³/mol. The molecule has 0 aliphatic heterocycles. The third kappa shape index (κ3) is 4.10. The molecule has 2 aromatic heterocycles. The lowest BCUT2D eigenvalue weighted by Crippen LogP contribution is -2.43. The van der Waals surface area contributed by atoms with Gasteiger partial charge >= 0.3 is 6.03 Å². The molecule has 0 saturated carbocycles. The van der Waals surface area contributed by atoms with Gasteiger partial charge in [-0.3, -0.25) is 4.68 Å². The van der Waals surface area contributed by atoms with Crippen molar-refractivity contribution in [1.82, 2.24) is 20.4 Å². The number of aromatic nitrogens is 2. The third-order valence-electron chi connectivity index (χ3n) is 2.72. The molecule has 0 spiro atoms. The van der Waals surface area contributed by atoms with E-state index in [2.05, 4.69) is 15.7 Å². The van der Waals surface area contributed by atoms with Gasteiger partial charge in [0.05, 0.1) is 12.6 Å². The summed E-state index contributed by atoms with van der Waals surface area (Å²) in [5.41, 5.74) is 0. The molecule has 0 aliphatic rings. The molecule has 2 aromatic rings. The van der Waals surface area contributed by atoms with E-state index >= 15 is 0 Å². The van der Waals surface area contributed by atoms with Gasteiger partial charge in [-0.15, -0.1) is 11.3 Å². The van der Waals surface area contributed by atoms with Gasteiger partial charge in [0, 0.05) is 23.3 Å². The molecular formula is C13H18N4OS. The van der Waals surface area contributed by atoms with Crippen LogP contribution in [0.2, 0.25) is 0 Å². The van der Waals surface area contributed by atoms with Gasteiger partial charge in [0.1, 0.15) is 0 Å². The van der Waals surface area contributed by atoms with E-state index in [9.17, 15) is 4.79 Å². The van der Waals surface area contributed by atoms with Crippen molar-refractivity contribution in [2.75, 3.05) is 0 Å². The molecule has 0 saturated heterocycles. The van der Waals surface area contributed by atoms with Crippen molar-refractivity contribution in [3.63, 3.8) is 0 Å². The highest BCUT2D eigenvalue weighted by Crippen LogP contribution is 2.17. The summed E-state index contributed by atoms with van der Waals surface area (Å²) in [7, 11) is 0. The Labute approximate surface area is 116 Å². The lowest BCUT2D eigenvalue weighted by Gasteiger charge is -2.17. The van der Waals surface area contributed by atoms with Gasteiger partial charge in [-0.2, -0.15) is 5.10 Å². The van der Waals surface area contributed by atoms with Crippen LogP contribution >= 0.6 is 11.3 Å². The Morgan fingerprint density at radius 1 is 1.42 bits per heavy atom. The molecule has 5 nitrogen and oxygen atoms in total. The maximum Gasteiger partial charge on any atom is 0.315 e. The summed E-state index contributed by atoms with van der Waals surface area (Å²) in [6.07, 6.45) is 3.61. The largest absolute Gasteiger partial charge is 0.334 e. The first-order chi connectivity index (χ1) is 9.15. The van der Waals surface area contributed by atoms with Gasteiger partial charge in [-0.25, -0.2) is 4.79 Å². The summed E-state index contributed by atoms with van der Waals surface area (Å²) >= 11 is 1.64. The van der Waals surface area contributed by atoms with E-state index in [1.54, 1.807) is 22.2 Å². The Morgan fingerprint density at radius 3 is 2.89 bits per heavy atom. The number of nitrogens with zero attached hydrogens (tertiary/aromatic N) is 2. The Balaban J connectivity index is 1.77. The van der Waals surface area contributed by atoms with Crippen LogP contribution in [0.25, 0.3) is 0 Å². The van der Waals surface area contributed by atoms with Crippen molar-refractivity contribution >= 4 is 17.4 Å². The van der Waals surface area contributed by atoms with Crippen LogP contribution in [0.4, 0.5) is 4.79 Å². The summed E-state index contributed by atoms with van der Waals surface area (Å²) in [6.45, 7) is 4.59. The summed E-state index contributed by atoms with van der Waals surface area (Å²) < 4.78 is 1.80. The number of urea groups is 1. The van der Waals surface area contributed by atoms with Gasteiger partial charge < -0.3 is 10.6 Å². The second-order valence-corrected chi connectivity index (χ2v) is 5.46. The van der Waals surface area contributed by atoms with E-state index in [-0.39, 0.29) is 18.1 Å². The Hall–Kier alpha value is -1.82. The highest BCUT2D eigenvalue weighted by atomic mass is 32.1. The minimum Gasteiger partial charge on any atom is -0.334 e. The minimum absolute atomic E-state index is 0.0236. The zero-order valence-corrected chi connectivity index (χ0v) is 11.9. The molecule has 0 unspecified atom stereocenters. The van der Waals surface area contributed by atoms with E-state index in [0.29, 0.717) is 6.54 Å². The van der Waals surface area contributed by atoms with Crippen LogP contribution in [0.15, 0.2) is 36.0 Å². The molecule has 2 atom stereocenters. The summed E-state index contributed by atoms with van der Waals surface area (Å²) in [5, 5.41) is 11.9. The first kappa shape index (κ1) is 13.6. The average Bonchev–Trinajstić information content (AvgIpc) is 3.00. The average molecular weight is 278 g/mol. The highest BCUT2D eigenvalue weighted by molar-refractivity contribution is 7.10. The molecule has 2 amide bonds. The van der Waals surface area contributed by atoms with Gasteiger partial charge in [0.25, 0.3) is 0 Å². The van der Waals surface area contributed by atoms with Crippen LogP contribution in [0.5, 0.6) is 0 Å². The molecule has 0 radical (unpaired) electrons. The quantitative estimate of drug-likeness (QED) is 0.882. The molecule has 2 rings (SSSR count). The Kier molecular flexibility index (Phi) is 4.57. The number of hydrogen-bond donors (Lipinski definition) is 2. The number of rotatable bonds is 5. The number of carbonyl (C=O) groups excluding carboxylic acids is 1. The topological polar surface area (TPSA) is 59.0 Å². The molecule has 19 heavy (non-hydrogen) atoms. The van der Waals surface area contributed by atoms with Gasteiger partial charge in [-0.1, -0.05) is 6.07 Å². The van der Waals surface area contributed by atoms with Crippen LogP contribution < -0.4 is 10.6 Å². The maximum absolute atomic E-state index is 11.8. The van der Waals surface area contributed by atoms with Crippen LogP contribution in [0.3, 0.4) is 0 Å². The number of nitrogens with one attached hydrogen (secondary N) is 2. The van der Waals surface area contributed by atoms with Gasteiger partial charge in [0.15, 0.2) is 0 Å². The van der Waals surface area contributed by atoms with Crippen molar-refractivity contribution in [1.29, 1.82) is 0 Å². The summed E-state index contributed by atoms with van der Waals surface area (Å²) in [5.74, 6) is 0. The van der Waals surface area contributed by atoms with Crippen molar-refractivity contribution in [2.24, 2.45) is 0 Å². The van der Waals surface area contributed by atoms with Crippen LogP contribution in [0.1, 0.15) is 24.8 Å². The molecule has 0 aromatic carbocycles. The first-order valence-electron chi connectivity index (χ1n) is 6.23. The number of amides is 2. The number of hydrogen-bond acceptors (Lipinski definition) is 3. The molecule has 6 heteroatoms. The number of thiophene rings is 1. The second-order valence-electron chi connectivity index (χ2n) is 4.48. The fourth-order valence-electron chi connectivity index (χ4n) is 1.81. The maximum atomic E-state index is 11.8. The predicted octanol–water partition coefficient (Wildman–Crippen LogP) is 2.39. The third-order valence-corrected chi connectivity index (χ3v) is 3.77. The van der Waals surface area contributed by atoms with Crippen molar-refractivity contribution in [2.45, 2.75) is 32.5 Å². The molecule has 0 aliphatic carbocycles. The summed E-state index contributed by atoms with van der Waals surface area (Å²) in [4.78, 5) is 13.0. The standard InChI is InChI=1S/C13H18N4OS/c1-10(9-17-7-4-6-14-17)15-13(18)16-11(2)12-5-3-8-19-12/h3-8,10-11H,9H2,1-2H3,(H2,15,16,18)/t10-,11-/m1/s1. The molecule has 0 bridgehead atoms. The van der Waals surface area contributed by atoms with E-state index in [1.165, 1.54) is 0 Å². The van der Waals surface area contributed by atoms with E-state index in [1.807, 2.05) is 43.6 Å². The lowest BCUT2D eigenvalue weighted by atomic mass is 10.3. The first-order valence-corrected chi connectivity index (χ1v) is 7.11. The monoisotopic (exact) mass is 278 g/mol. The smallest absolute Gasteiger partial charge is 0.315 e. The van der Waals surface area contributed by atoms with E-state index in [0.717, 1.165) is 4.88 Å². The molecule has 0 fully saturated rings. The van der Waals surface area contributed by atoms with E-state index in [4.69, 9.17) is 0 Å². The summed E-state index contributed by atoms with van der Waals surface area (Å²) in [6, 6.07) is 5.76. The molecular weight excluding hydrogens is 260 g/mol. The van der Waals surface area contributed by atoms with Crippen molar-refractivity contribution in [3.05, 3.63) is 40.8 Å². The minimum atomic E-state index is -0.152. The number of carbonyl (C=O) groups is 1. The molecule has 2 heterocycles. The van der Waals surface area contributed by atoms with E-state index < -0.39 is 0 Å². The lowest BCUT2D eigenvalue weighted by molar-refractivity contribution is 0.233. The van der Waals surface area contributed by atoms with Crippen molar-refractivity contribution < 1.29 is 4.79 Å². The zero-order valence-electron chi connectivity index (χ0n) is 11.0. The van der Waals surface area contributed by atoms with Crippen molar-refractivity contribution in [3.8, 4) is 0 Å². The van der Waals surface area contributed by atoms with Crippen LogP contribution in [-0.4, -0.2) is 21.9 Å². The van der Waals surface area contributed by atoms with Gasteiger partial charge in [0.2, 0.25) is 0 Å². The fourth-order valence-corrected chi connectivity index (χ4v) is 2.54. The second kappa shape index (κ2) is 6.38. The van der Waals surface area contributed by atoms with Crippen LogP contribution in [-0.2, 0) is 6.54 Å². The Bertz CT molecular complexity index is 495. The molecule has 2 N–H and O–H groups in total. The Morgan fingerprint density at radius 2 is 2.26 bits per heavy atom. The van der Waals surface area contributed by atoms with Crippen LogP contribution in [0, 0.1) is 0 Å². The highest BCUT2D eigenvalue weighted by Gasteiger charge is 2.12. The molecule has 102 valence electrons. The zero-order chi connectivity index (χ0) is 13.7. The SMILES string of the molecule is C[C@H](Cn1cccn1)NC(=O)N[C@H](C)c1cccs1. The van der Waals surface area contributed by atoms with Gasteiger partial charge in [-0.05, 0) is 31.4 Å².